The van der Waals surface area contributed by atoms with E-state index < -0.39 is 0 Å². The molecule has 136 valence electrons. The number of hydrogen-bond donors (Lipinski definition) is 2. The number of amides is 1. The Bertz CT molecular complexity index is 1080. The van der Waals surface area contributed by atoms with Crippen molar-refractivity contribution < 1.29 is 4.79 Å². The molecule has 2 N–H and O–H groups in total. The third kappa shape index (κ3) is 3.73. The Morgan fingerprint density at radius 2 is 1.93 bits per heavy atom. The van der Waals surface area contributed by atoms with Crippen LogP contribution in [0.15, 0.2) is 67.1 Å². The first kappa shape index (κ1) is 17.4. The minimum Gasteiger partial charge on any atom is -0.361 e. The normalized spacial score (nSPS) is 11.0. The second kappa shape index (κ2) is 7.68. The van der Waals surface area contributed by atoms with Gasteiger partial charge in [0, 0.05) is 41.1 Å². The highest BCUT2D eigenvalue weighted by Crippen LogP contribution is 2.18. The maximum atomic E-state index is 12.6. The van der Waals surface area contributed by atoms with Gasteiger partial charge in [-0.25, -0.2) is 4.98 Å². The Kier molecular flexibility index (Phi) is 4.94. The molecule has 0 radical (unpaired) electrons. The third-order valence-corrected chi connectivity index (χ3v) is 4.94. The third-order valence-electron chi connectivity index (χ3n) is 4.57. The lowest BCUT2D eigenvalue weighted by Crippen LogP contribution is -2.28. The Labute approximate surface area is 162 Å². The molecule has 0 saturated heterocycles. The van der Waals surface area contributed by atoms with Gasteiger partial charge in [0.15, 0.2) is 5.82 Å². The highest BCUT2D eigenvalue weighted by molar-refractivity contribution is 6.31. The number of hydrogen-bond acceptors (Lipinski definition) is 2. The molecule has 2 aromatic carbocycles. The van der Waals surface area contributed by atoms with E-state index in [9.17, 15) is 4.79 Å². The molecule has 0 spiro atoms. The standard InChI is InChI=1S/C21H19ClN4O/c22-18-7-3-1-5-16(18)14-26-12-11-23-20(26)21(27)24-10-9-15-13-25-19-8-4-2-6-17(15)19/h1-8,11-13,25H,9-10,14H2,(H,24,27). The molecule has 4 rings (SSSR count). The van der Waals surface area contributed by atoms with Crippen LogP contribution in [0.5, 0.6) is 0 Å². The Morgan fingerprint density at radius 1 is 1.11 bits per heavy atom. The fraction of sp³-hybridized carbons (Fsp3) is 0.143. The van der Waals surface area contributed by atoms with Crippen molar-refractivity contribution in [2.75, 3.05) is 6.54 Å². The van der Waals surface area contributed by atoms with Gasteiger partial charge in [-0.05, 0) is 29.7 Å². The molecule has 2 aromatic heterocycles. The van der Waals surface area contributed by atoms with E-state index in [1.54, 1.807) is 12.4 Å². The molecule has 0 atom stereocenters. The number of para-hydroxylation sites is 1. The van der Waals surface area contributed by atoms with Gasteiger partial charge >= 0.3 is 0 Å². The minimum atomic E-state index is -0.188. The Hall–Kier alpha value is -3.05. The summed E-state index contributed by atoms with van der Waals surface area (Å²) in [7, 11) is 0. The van der Waals surface area contributed by atoms with Crippen LogP contribution in [0.1, 0.15) is 21.7 Å². The summed E-state index contributed by atoms with van der Waals surface area (Å²) >= 11 is 6.22. The van der Waals surface area contributed by atoms with Crippen LogP contribution in [-0.4, -0.2) is 27.0 Å². The van der Waals surface area contributed by atoms with Crippen LogP contribution in [-0.2, 0) is 13.0 Å². The van der Waals surface area contributed by atoms with E-state index in [-0.39, 0.29) is 5.91 Å². The zero-order valence-corrected chi connectivity index (χ0v) is 15.4. The number of imidazole rings is 1. The van der Waals surface area contributed by atoms with E-state index in [4.69, 9.17) is 11.6 Å². The summed E-state index contributed by atoms with van der Waals surface area (Å²) in [6.45, 7) is 1.05. The number of fused-ring (bicyclic) bond motifs is 1. The van der Waals surface area contributed by atoms with Gasteiger partial charge in [0.2, 0.25) is 0 Å². The average Bonchev–Trinajstić information content (AvgIpc) is 3.31. The summed E-state index contributed by atoms with van der Waals surface area (Å²) in [4.78, 5) is 20.0. The molecule has 2 heterocycles. The van der Waals surface area contributed by atoms with Gasteiger partial charge in [-0.15, -0.1) is 0 Å². The summed E-state index contributed by atoms with van der Waals surface area (Å²) in [6, 6.07) is 15.8. The molecule has 0 fully saturated rings. The van der Waals surface area contributed by atoms with Crippen LogP contribution < -0.4 is 5.32 Å². The molecule has 0 unspecified atom stereocenters. The van der Waals surface area contributed by atoms with E-state index in [0.717, 1.165) is 17.5 Å². The van der Waals surface area contributed by atoms with Crippen LogP contribution in [0.4, 0.5) is 0 Å². The minimum absolute atomic E-state index is 0.188. The molecule has 0 aliphatic heterocycles. The number of aromatic amines is 1. The topological polar surface area (TPSA) is 62.7 Å². The Morgan fingerprint density at radius 3 is 2.81 bits per heavy atom. The predicted molar refractivity (Wildman–Crippen MR) is 107 cm³/mol. The molecule has 6 heteroatoms. The van der Waals surface area contributed by atoms with E-state index in [2.05, 4.69) is 21.4 Å². The maximum Gasteiger partial charge on any atom is 0.287 e. The van der Waals surface area contributed by atoms with Crippen molar-refractivity contribution in [3.8, 4) is 0 Å². The van der Waals surface area contributed by atoms with Crippen molar-refractivity contribution in [3.05, 3.63) is 89.1 Å². The van der Waals surface area contributed by atoms with Crippen molar-refractivity contribution >= 4 is 28.4 Å². The summed E-state index contributed by atoms with van der Waals surface area (Å²) < 4.78 is 1.81. The highest BCUT2D eigenvalue weighted by Gasteiger charge is 2.14. The molecule has 0 aliphatic rings. The number of carbonyl (C=O) groups excluding carboxylic acids is 1. The van der Waals surface area contributed by atoms with Gasteiger partial charge in [0.05, 0.1) is 6.54 Å². The first-order chi connectivity index (χ1) is 13.2. The second-order valence-corrected chi connectivity index (χ2v) is 6.74. The first-order valence-corrected chi connectivity index (χ1v) is 9.18. The van der Waals surface area contributed by atoms with Gasteiger partial charge in [-0.2, -0.15) is 0 Å². The van der Waals surface area contributed by atoms with Gasteiger partial charge in [0.25, 0.3) is 5.91 Å². The number of nitrogens with zero attached hydrogens (tertiary/aromatic N) is 2. The number of halogens is 1. The summed E-state index contributed by atoms with van der Waals surface area (Å²) in [5, 5.41) is 4.82. The molecular weight excluding hydrogens is 360 g/mol. The largest absolute Gasteiger partial charge is 0.361 e. The summed E-state index contributed by atoms with van der Waals surface area (Å²) in [5.41, 5.74) is 3.24. The summed E-state index contributed by atoms with van der Waals surface area (Å²) in [5.74, 6) is 0.195. The van der Waals surface area contributed by atoms with Crippen molar-refractivity contribution in [1.82, 2.24) is 19.9 Å². The number of benzene rings is 2. The molecule has 27 heavy (non-hydrogen) atoms. The quantitative estimate of drug-likeness (QED) is 0.532. The van der Waals surface area contributed by atoms with Crippen molar-refractivity contribution in [2.45, 2.75) is 13.0 Å². The fourth-order valence-corrected chi connectivity index (χ4v) is 3.38. The lowest BCUT2D eigenvalue weighted by Gasteiger charge is -2.09. The Balaban J connectivity index is 1.41. The predicted octanol–water partition coefficient (Wildman–Crippen LogP) is 4.04. The van der Waals surface area contributed by atoms with Gasteiger partial charge in [0.1, 0.15) is 0 Å². The number of carbonyl (C=O) groups is 1. The number of nitrogens with one attached hydrogen (secondary N) is 2. The van der Waals surface area contributed by atoms with Gasteiger partial charge < -0.3 is 14.9 Å². The monoisotopic (exact) mass is 378 g/mol. The van der Waals surface area contributed by atoms with E-state index >= 15 is 0 Å². The van der Waals surface area contributed by atoms with Gasteiger partial charge in [-0.3, -0.25) is 4.79 Å². The van der Waals surface area contributed by atoms with Crippen LogP contribution in [0.25, 0.3) is 10.9 Å². The smallest absolute Gasteiger partial charge is 0.287 e. The molecule has 0 saturated carbocycles. The molecule has 4 aromatic rings. The van der Waals surface area contributed by atoms with Crippen LogP contribution in [0.2, 0.25) is 5.02 Å². The van der Waals surface area contributed by atoms with E-state index in [0.29, 0.717) is 23.9 Å². The molecule has 0 aliphatic carbocycles. The van der Waals surface area contributed by atoms with Crippen molar-refractivity contribution in [1.29, 1.82) is 0 Å². The van der Waals surface area contributed by atoms with Crippen molar-refractivity contribution in [3.63, 3.8) is 0 Å². The molecule has 0 bridgehead atoms. The maximum absolute atomic E-state index is 12.6. The van der Waals surface area contributed by atoms with Crippen LogP contribution in [0, 0.1) is 0 Å². The first-order valence-electron chi connectivity index (χ1n) is 8.80. The zero-order chi connectivity index (χ0) is 18.6. The average molecular weight is 379 g/mol. The van der Waals surface area contributed by atoms with Crippen LogP contribution in [0.3, 0.4) is 0 Å². The van der Waals surface area contributed by atoms with E-state index in [1.165, 1.54) is 10.9 Å². The van der Waals surface area contributed by atoms with Crippen molar-refractivity contribution in [2.24, 2.45) is 0 Å². The molecular formula is C21H19ClN4O. The van der Waals surface area contributed by atoms with E-state index in [1.807, 2.05) is 53.2 Å². The van der Waals surface area contributed by atoms with Gasteiger partial charge in [-0.1, -0.05) is 48.0 Å². The molecule has 5 nitrogen and oxygen atoms in total. The lowest BCUT2D eigenvalue weighted by atomic mass is 10.1. The van der Waals surface area contributed by atoms with Crippen LogP contribution >= 0.6 is 11.6 Å². The molecule has 1 amide bonds. The number of aromatic nitrogens is 3. The number of H-pyrrole nitrogens is 1. The zero-order valence-electron chi connectivity index (χ0n) is 14.7. The summed E-state index contributed by atoms with van der Waals surface area (Å²) in [6.07, 6.45) is 6.17. The number of rotatable bonds is 6. The second-order valence-electron chi connectivity index (χ2n) is 6.34. The highest BCUT2D eigenvalue weighted by atomic mass is 35.5. The lowest BCUT2D eigenvalue weighted by molar-refractivity contribution is 0.0940. The SMILES string of the molecule is O=C(NCCc1c[nH]c2ccccc12)c1nccn1Cc1ccccc1Cl. The fourth-order valence-electron chi connectivity index (χ4n) is 3.18.